The van der Waals surface area contributed by atoms with Crippen molar-refractivity contribution >= 4 is 25.8 Å². The maximum atomic E-state index is 13.5. The minimum Gasteiger partial charge on any atom is -0.296 e. The summed E-state index contributed by atoms with van der Waals surface area (Å²) in [6.07, 6.45) is 0.0846. The molecule has 0 aliphatic rings. The van der Waals surface area contributed by atoms with Gasteiger partial charge in [0.25, 0.3) is 0 Å². The molecule has 36 heavy (non-hydrogen) atoms. The van der Waals surface area contributed by atoms with Gasteiger partial charge in [0.1, 0.15) is 0 Å². The van der Waals surface area contributed by atoms with Crippen molar-refractivity contribution in [2.45, 2.75) is 56.0 Å². The van der Waals surface area contributed by atoms with Gasteiger partial charge in [0, 0.05) is 6.04 Å². The third-order valence-corrected chi connectivity index (χ3v) is 9.34. The molecule has 7 nitrogen and oxygen atoms in total. The molecule has 9 heteroatoms. The average molecular weight is 529 g/mol. The number of nitrogens with zero attached hydrogens (tertiary/aromatic N) is 1. The van der Waals surface area contributed by atoms with E-state index in [1.54, 1.807) is 62.4 Å². The number of aryl methyl sites for hydroxylation is 2. The van der Waals surface area contributed by atoms with Gasteiger partial charge in [-0.1, -0.05) is 65.7 Å². The molecule has 1 atom stereocenters. The standard InChI is InChI=1S/C27H32N2O5S2/c1-20(2)29(36(33,34)25-16-12-22(4)13-17-25)19-27(30)26(18-23-8-6-5-7-9-23)28-35(31,32)24-14-10-21(3)11-15-24/h5-17,20,26,28H,18-19H2,1-4H3/t26-/m0/s1. The fourth-order valence-electron chi connectivity index (χ4n) is 3.70. The van der Waals surface area contributed by atoms with Crippen LogP contribution in [0.5, 0.6) is 0 Å². The number of ketones is 1. The van der Waals surface area contributed by atoms with Crippen LogP contribution in [0.25, 0.3) is 0 Å². The Labute approximate surface area is 214 Å². The van der Waals surface area contributed by atoms with E-state index in [1.807, 2.05) is 19.9 Å². The molecule has 0 radical (unpaired) electrons. The van der Waals surface area contributed by atoms with E-state index in [9.17, 15) is 21.6 Å². The summed E-state index contributed by atoms with van der Waals surface area (Å²) < 4.78 is 56.6. The van der Waals surface area contributed by atoms with Gasteiger partial charge in [0.2, 0.25) is 20.0 Å². The molecular weight excluding hydrogens is 496 g/mol. The molecule has 1 N–H and O–H groups in total. The van der Waals surface area contributed by atoms with Crippen LogP contribution < -0.4 is 4.72 Å². The molecule has 0 aliphatic heterocycles. The Bertz CT molecular complexity index is 1380. The number of sulfonamides is 2. The smallest absolute Gasteiger partial charge is 0.243 e. The van der Waals surface area contributed by atoms with E-state index >= 15 is 0 Å². The van der Waals surface area contributed by atoms with Crippen LogP contribution in [0.2, 0.25) is 0 Å². The van der Waals surface area contributed by atoms with Crippen molar-refractivity contribution in [3.05, 3.63) is 95.6 Å². The molecule has 3 aromatic rings. The Balaban J connectivity index is 1.93. The lowest BCUT2D eigenvalue weighted by molar-refractivity contribution is -0.121. The number of nitrogens with one attached hydrogen (secondary N) is 1. The number of carbonyl (C=O) groups is 1. The first-order valence-electron chi connectivity index (χ1n) is 11.6. The number of Topliss-reactive ketones (excluding diaryl/α,β-unsaturated/α-hetero) is 1. The second-order valence-corrected chi connectivity index (χ2v) is 12.7. The molecule has 3 aromatic carbocycles. The quantitative estimate of drug-likeness (QED) is 0.407. The first-order chi connectivity index (χ1) is 16.9. The summed E-state index contributed by atoms with van der Waals surface area (Å²) in [5, 5.41) is 0. The van der Waals surface area contributed by atoms with Gasteiger partial charge in [-0.25, -0.2) is 21.6 Å². The Morgan fingerprint density at radius 1 is 0.778 bits per heavy atom. The Hall–Kier alpha value is -2.85. The van der Waals surface area contributed by atoms with E-state index in [-0.39, 0.29) is 16.2 Å². The van der Waals surface area contributed by atoms with Crippen LogP contribution in [0, 0.1) is 13.8 Å². The van der Waals surface area contributed by atoms with Crippen molar-refractivity contribution in [3.63, 3.8) is 0 Å². The lowest BCUT2D eigenvalue weighted by atomic mass is 10.0. The van der Waals surface area contributed by atoms with Gasteiger partial charge in [-0.3, -0.25) is 4.79 Å². The van der Waals surface area contributed by atoms with E-state index in [1.165, 1.54) is 24.3 Å². The second kappa shape index (κ2) is 11.5. The van der Waals surface area contributed by atoms with Gasteiger partial charge >= 0.3 is 0 Å². The van der Waals surface area contributed by atoms with Crippen molar-refractivity contribution < 1.29 is 21.6 Å². The molecule has 0 unspecified atom stereocenters. The molecule has 0 amide bonds. The number of hydrogen-bond acceptors (Lipinski definition) is 5. The highest BCUT2D eigenvalue weighted by Gasteiger charge is 2.33. The summed E-state index contributed by atoms with van der Waals surface area (Å²) in [5.74, 6) is -0.543. The highest BCUT2D eigenvalue weighted by molar-refractivity contribution is 7.89. The van der Waals surface area contributed by atoms with Crippen LogP contribution in [0.1, 0.15) is 30.5 Å². The first kappa shape index (κ1) is 27.7. The van der Waals surface area contributed by atoms with Crippen LogP contribution in [0.4, 0.5) is 0 Å². The lowest BCUT2D eigenvalue weighted by Gasteiger charge is -2.27. The molecule has 0 fully saturated rings. The van der Waals surface area contributed by atoms with Crippen molar-refractivity contribution in [2.75, 3.05) is 6.54 Å². The molecule has 3 rings (SSSR count). The molecule has 0 saturated carbocycles. The molecule has 0 heterocycles. The zero-order valence-electron chi connectivity index (χ0n) is 20.9. The van der Waals surface area contributed by atoms with Crippen molar-refractivity contribution in [3.8, 4) is 0 Å². The molecule has 192 valence electrons. The van der Waals surface area contributed by atoms with E-state index < -0.39 is 44.5 Å². The molecular formula is C27H32N2O5S2. The molecule has 0 bridgehead atoms. The van der Waals surface area contributed by atoms with Gasteiger partial charge in [0.15, 0.2) is 5.78 Å². The van der Waals surface area contributed by atoms with Crippen LogP contribution in [-0.4, -0.2) is 45.6 Å². The molecule has 0 aromatic heterocycles. The highest BCUT2D eigenvalue weighted by Crippen LogP contribution is 2.20. The zero-order valence-corrected chi connectivity index (χ0v) is 22.5. The largest absolute Gasteiger partial charge is 0.296 e. The molecule has 0 saturated heterocycles. The monoisotopic (exact) mass is 528 g/mol. The third-order valence-electron chi connectivity index (χ3n) is 5.82. The van der Waals surface area contributed by atoms with Gasteiger partial charge < -0.3 is 0 Å². The lowest BCUT2D eigenvalue weighted by Crippen LogP contribution is -2.49. The number of rotatable bonds is 11. The Kier molecular flexibility index (Phi) is 8.84. The van der Waals surface area contributed by atoms with Crippen LogP contribution >= 0.6 is 0 Å². The predicted octanol–water partition coefficient (Wildman–Crippen LogP) is 3.86. The Morgan fingerprint density at radius 2 is 1.28 bits per heavy atom. The number of benzene rings is 3. The van der Waals surface area contributed by atoms with E-state index in [2.05, 4.69) is 4.72 Å². The second-order valence-electron chi connectivity index (χ2n) is 9.10. The molecule has 0 spiro atoms. The SMILES string of the molecule is Cc1ccc(S(=O)(=O)N[C@@H](Cc2ccccc2)C(=O)CN(C(C)C)S(=O)(=O)c2ccc(C)cc2)cc1. The number of carbonyl (C=O) groups excluding carboxylic acids is 1. The van der Waals surface area contributed by atoms with Gasteiger partial charge in [-0.15, -0.1) is 0 Å². The zero-order chi connectivity index (χ0) is 26.5. The number of hydrogen-bond donors (Lipinski definition) is 1. The maximum Gasteiger partial charge on any atom is 0.243 e. The summed E-state index contributed by atoms with van der Waals surface area (Å²) in [7, 11) is -8.01. The third kappa shape index (κ3) is 6.88. The van der Waals surface area contributed by atoms with E-state index in [0.29, 0.717) is 0 Å². The minimum atomic E-state index is -4.03. The summed E-state index contributed by atoms with van der Waals surface area (Å²) in [5.41, 5.74) is 2.56. The fraction of sp³-hybridized carbons (Fsp3) is 0.296. The maximum absolute atomic E-state index is 13.5. The minimum absolute atomic E-state index is 0.0342. The normalized spacial score (nSPS) is 13.2. The summed E-state index contributed by atoms with van der Waals surface area (Å²) >= 11 is 0. The van der Waals surface area contributed by atoms with Gasteiger partial charge in [-0.05, 0) is 63.9 Å². The van der Waals surface area contributed by atoms with Gasteiger partial charge in [0.05, 0.1) is 22.4 Å². The summed E-state index contributed by atoms with van der Waals surface area (Å²) in [4.78, 5) is 13.6. The highest BCUT2D eigenvalue weighted by atomic mass is 32.2. The van der Waals surface area contributed by atoms with Crippen LogP contribution in [0.15, 0.2) is 88.7 Å². The predicted molar refractivity (Wildman–Crippen MR) is 141 cm³/mol. The van der Waals surface area contributed by atoms with Crippen LogP contribution in [-0.2, 0) is 31.3 Å². The Morgan fingerprint density at radius 3 is 1.78 bits per heavy atom. The molecule has 0 aliphatic carbocycles. The van der Waals surface area contributed by atoms with Crippen molar-refractivity contribution in [1.82, 2.24) is 9.03 Å². The average Bonchev–Trinajstić information content (AvgIpc) is 2.82. The topological polar surface area (TPSA) is 101 Å². The fourth-order valence-corrected chi connectivity index (χ4v) is 6.52. The first-order valence-corrected chi connectivity index (χ1v) is 14.6. The van der Waals surface area contributed by atoms with Crippen molar-refractivity contribution in [1.29, 1.82) is 0 Å². The van der Waals surface area contributed by atoms with Crippen LogP contribution in [0.3, 0.4) is 0 Å². The van der Waals surface area contributed by atoms with E-state index in [0.717, 1.165) is 21.0 Å². The summed E-state index contributed by atoms with van der Waals surface area (Å²) in [6.45, 7) is 6.60. The van der Waals surface area contributed by atoms with E-state index in [4.69, 9.17) is 0 Å². The summed E-state index contributed by atoms with van der Waals surface area (Å²) in [6, 6.07) is 20.0. The van der Waals surface area contributed by atoms with Gasteiger partial charge in [-0.2, -0.15) is 4.31 Å². The van der Waals surface area contributed by atoms with Crippen molar-refractivity contribution in [2.24, 2.45) is 0 Å².